The molecule has 1 rings (SSSR count). The van der Waals surface area contributed by atoms with Gasteiger partial charge in [0.1, 0.15) is 0 Å². The fourth-order valence-electron chi connectivity index (χ4n) is 1.82. The van der Waals surface area contributed by atoms with Gasteiger partial charge in [0.05, 0.1) is 10.5 Å². The van der Waals surface area contributed by atoms with Crippen LogP contribution in [-0.4, -0.2) is 31.6 Å². The molecule has 0 amide bonds. The number of benzene rings is 1. The maximum Gasteiger partial charge on any atom is 0.417 e. The van der Waals surface area contributed by atoms with E-state index >= 15 is 0 Å². The molecule has 0 bridgehead atoms. The molecule has 0 aromatic heterocycles. The highest BCUT2D eigenvalue weighted by atomic mass is 79.9. The normalized spacial score (nSPS) is 12.9. The number of rotatable bonds is 7. The highest BCUT2D eigenvalue weighted by Crippen LogP contribution is 2.34. The Hall–Kier alpha value is -0.600. The van der Waals surface area contributed by atoms with Gasteiger partial charge in [-0.15, -0.1) is 0 Å². The van der Waals surface area contributed by atoms with Crippen LogP contribution < -0.4 is 0 Å². The molecule has 0 aliphatic rings. The van der Waals surface area contributed by atoms with Gasteiger partial charge in [0.15, 0.2) is 0 Å². The number of hydrogen-bond acceptors (Lipinski definition) is 2. The van der Waals surface area contributed by atoms with Crippen molar-refractivity contribution in [2.24, 2.45) is 0 Å². The van der Waals surface area contributed by atoms with Crippen molar-refractivity contribution in [1.82, 2.24) is 4.31 Å². The average molecular weight is 388 g/mol. The standard InChI is InChI=1S/C13H17BrF3NO2S/c1-18(10-6-2-5-9-14)21(19,20)12-8-4-3-7-11(12)13(15,16)17/h3-4,7-8H,2,5-6,9-10H2,1H3. The van der Waals surface area contributed by atoms with Gasteiger partial charge in [-0.05, 0) is 25.0 Å². The van der Waals surface area contributed by atoms with Crippen molar-refractivity contribution >= 4 is 26.0 Å². The smallest absolute Gasteiger partial charge is 0.207 e. The van der Waals surface area contributed by atoms with Crippen LogP contribution in [0.25, 0.3) is 0 Å². The molecule has 0 fully saturated rings. The number of sulfonamides is 1. The first-order chi connectivity index (χ1) is 9.71. The molecule has 8 heteroatoms. The Morgan fingerprint density at radius 3 is 2.33 bits per heavy atom. The van der Waals surface area contributed by atoms with Crippen LogP contribution in [0.1, 0.15) is 24.8 Å². The molecule has 0 unspecified atom stereocenters. The molecule has 120 valence electrons. The number of unbranched alkanes of at least 4 members (excludes halogenated alkanes) is 2. The van der Waals surface area contributed by atoms with E-state index in [-0.39, 0.29) is 6.54 Å². The molecule has 0 N–H and O–H groups in total. The van der Waals surface area contributed by atoms with Crippen LogP contribution in [0, 0.1) is 0 Å². The first-order valence-corrected chi connectivity index (χ1v) is 8.96. The van der Waals surface area contributed by atoms with E-state index < -0.39 is 26.7 Å². The zero-order valence-electron chi connectivity index (χ0n) is 11.5. The second kappa shape index (κ2) is 7.60. The van der Waals surface area contributed by atoms with E-state index in [4.69, 9.17) is 0 Å². The predicted octanol–water partition coefficient (Wildman–Crippen LogP) is 3.89. The Kier molecular flexibility index (Phi) is 6.68. The van der Waals surface area contributed by atoms with Crippen molar-refractivity contribution in [3.05, 3.63) is 29.8 Å². The highest BCUT2D eigenvalue weighted by molar-refractivity contribution is 9.09. The minimum atomic E-state index is -4.69. The fourth-order valence-corrected chi connectivity index (χ4v) is 3.63. The van der Waals surface area contributed by atoms with Gasteiger partial charge in [0, 0.05) is 18.9 Å². The molecule has 0 spiro atoms. The van der Waals surface area contributed by atoms with Gasteiger partial charge in [0.2, 0.25) is 10.0 Å². The first-order valence-electron chi connectivity index (χ1n) is 6.40. The van der Waals surface area contributed by atoms with Crippen LogP contribution in [0.4, 0.5) is 13.2 Å². The first kappa shape index (κ1) is 18.4. The highest BCUT2D eigenvalue weighted by Gasteiger charge is 2.37. The van der Waals surface area contributed by atoms with Crippen molar-refractivity contribution < 1.29 is 21.6 Å². The number of nitrogens with zero attached hydrogens (tertiary/aromatic N) is 1. The summed E-state index contributed by atoms with van der Waals surface area (Å²) in [6.07, 6.45) is -2.38. The average Bonchev–Trinajstić information content (AvgIpc) is 2.42. The summed E-state index contributed by atoms with van der Waals surface area (Å²) in [7, 11) is -2.84. The molecule has 0 atom stereocenters. The molecule has 0 aliphatic heterocycles. The Bertz CT molecular complexity index is 561. The summed E-state index contributed by atoms with van der Waals surface area (Å²) in [4.78, 5) is -0.694. The quantitative estimate of drug-likeness (QED) is 0.525. The molecule has 1 aromatic carbocycles. The van der Waals surface area contributed by atoms with Gasteiger partial charge in [0.25, 0.3) is 0 Å². The van der Waals surface area contributed by atoms with Crippen LogP contribution in [0.5, 0.6) is 0 Å². The minimum Gasteiger partial charge on any atom is -0.207 e. The Morgan fingerprint density at radius 2 is 1.76 bits per heavy atom. The predicted molar refractivity (Wildman–Crippen MR) is 78.9 cm³/mol. The van der Waals surface area contributed by atoms with Gasteiger partial charge in [-0.25, -0.2) is 12.7 Å². The summed E-state index contributed by atoms with van der Waals surface area (Å²) >= 11 is 3.27. The van der Waals surface area contributed by atoms with Gasteiger partial charge in [-0.2, -0.15) is 13.2 Å². The van der Waals surface area contributed by atoms with Gasteiger partial charge < -0.3 is 0 Å². The minimum absolute atomic E-state index is 0.196. The monoisotopic (exact) mass is 387 g/mol. The molecule has 0 radical (unpaired) electrons. The van der Waals surface area contributed by atoms with Crippen LogP contribution in [0.3, 0.4) is 0 Å². The van der Waals surface area contributed by atoms with E-state index in [9.17, 15) is 21.6 Å². The number of alkyl halides is 4. The molecule has 0 saturated carbocycles. The van der Waals surface area contributed by atoms with E-state index in [1.165, 1.54) is 19.2 Å². The molecule has 3 nitrogen and oxygen atoms in total. The maximum absolute atomic E-state index is 12.9. The summed E-state index contributed by atoms with van der Waals surface area (Å²) in [5.41, 5.74) is -1.13. The Labute approximate surface area is 131 Å². The molecule has 0 heterocycles. The van der Waals surface area contributed by atoms with E-state index in [2.05, 4.69) is 15.9 Å². The van der Waals surface area contributed by atoms with Crippen molar-refractivity contribution in [3.63, 3.8) is 0 Å². The summed E-state index contributed by atoms with van der Waals surface area (Å²) in [6, 6.07) is 4.25. The van der Waals surface area contributed by atoms with E-state index in [0.717, 1.165) is 34.6 Å². The summed E-state index contributed by atoms with van der Waals surface area (Å²) < 4.78 is 64.3. The zero-order valence-corrected chi connectivity index (χ0v) is 13.9. The lowest BCUT2D eigenvalue weighted by Crippen LogP contribution is -2.29. The summed E-state index contributed by atoms with van der Waals surface area (Å²) in [5, 5.41) is 0.820. The zero-order chi connectivity index (χ0) is 16.1. The third-order valence-corrected chi connectivity index (χ3v) is 5.46. The molecular formula is C13H17BrF3NO2S. The van der Waals surface area contributed by atoms with Crippen LogP contribution in [0.15, 0.2) is 29.2 Å². The van der Waals surface area contributed by atoms with Crippen molar-refractivity contribution in [3.8, 4) is 0 Å². The lowest BCUT2D eigenvalue weighted by Gasteiger charge is -2.20. The second-order valence-electron chi connectivity index (χ2n) is 4.57. The molecule has 0 saturated heterocycles. The van der Waals surface area contributed by atoms with E-state index in [1.807, 2.05) is 0 Å². The second-order valence-corrected chi connectivity index (χ2v) is 7.38. The van der Waals surface area contributed by atoms with Gasteiger partial charge >= 0.3 is 6.18 Å². The Balaban J connectivity index is 2.98. The molecule has 1 aromatic rings. The lowest BCUT2D eigenvalue weighted by atomic mass is 10.2. The van der Waals surface area contributed by atoms with Crippen LogP contribution in [0.2, 0.25) is 0 Å². The van der Waals surface area contributed by atoms with Crippen LogP contribution >= 0.6 is 15.9 Å². The van der Waals surface area contributed by atoms with Crippen LogP contribution in [-0.2, 0) is 16.2 Å². The van der Waals surface area contributed by atoms with Gasteiger partial charge in [-0.1, -0.05) is 34.5 Å². The van der Waals surface area contributed by atoms with Crippen molar-refractivity contribution in [2.75, 3.05) is 18.9 Å². The molecule has 21 heavy (non-hydrogen) atoms. The molecule has 0 aliphatic carbocycles. The third kappa shape index (κ3) is 4.96. The lowest BCUT2D eigenvalue weighted by molar-refractivity contribution is -0.139. The SMILES string of the molecule is CN(CCCCCBr)S(=O)(=O)c1ccccc1C(F)(F)F. The van der Waals surface area contributed by atoms with Gasteiger partial charge in [-0.3, -0.25) is 0 Å². The summed E-state index contributed by atoms with van der Waals surface area (Å²) in [6.45, 7) is 0.196. The van der Waals surface area contributed by atoms with Crippen molar-refractivity contribution in [1.29, 1.82) is 0 Å². The number of hydrogen-bond donors (Lipinski definition) is 0. The third-order valence-electron chi connectivity index (χ3n) is 2.99. The fraction of sp³-hybridized carbons (Fsp3) is 0.538. The Morgan fingerprint density at radius 1 is 1.14 bits per heavy atom. The molecular weight excluding hydrogens is 371 g/mol. The number of halogens is 4. The van der Waals surface area contributed by atoms with E-state index in [0.29, 0.717) is 6.42 Å². The largest absolute Gasteiger partial charge is 0.417 e. The topological polar surface area (TPSA) is 37.4 Å². The van der Waals surface area contributed by atoms with Crippen molar-refractivity contribution in [2.45, 2.75) is 30.3 Å². The van der Waals surface area contributed by atoms with E-state index in [1.54, 1.807) is 0 Å². The summed E-state index contributed by atoms with van der Waals surface area (Å²) in [5.74, 6) is 0. The maximum atomic E-state index is 12.9.